The van der Waals surface area contributed by atoms with Gasteiger partial charge >= 0.3 is 0 Å². The highest BCUT2D eigenvalue weighted by Gasteiger charge is 2.13. The van der Waals surface area contributed by atoms with Crippen LogP contribution in [-0.2, 0) is 0 Å². The van der Waals surface area contributed by atoms with E-state index < -0.39 is 0 Å². The van der Waals surface area contributed by atoms with E-state index in [1.54, 1.807) is 24.8 Å². The molecule has 5 heteroatoms. The van der Waals surface area contributed by atoms with Gasteiger partial charge in [-0.25, -0.2) is 4.98 Å². The molecular weight excluding hydrogens is 264 g/mol. The Morgan fingerprint density at radius 1 is 0.952 bits per heavy atom. The van der Waals surface area contributed by atoms with Gasteiger partial charge in [0, 0.05) is 60.6 Å². The normalized spacial score (nSPS) is 10.7. The van der Waals surface area contributed by atoms with Crippen LogP contribution in [0.15, 0.2) is 55.2 Å². The van der Waals surface area contributed by atoms with E-state index >= 15 is 0 Å². The number of aromatic nitrogens is 3. The van der Waals surface area contributed by atoms with Crippen molar-refractivity contribution in [1.29, 1.82) is 0 Å². The van der Waals surface area contributed by atoms with Crippen LogP contribution in [0.25, 0.3) is 10.8 Å². The van der Waals surface area contributed by atoms with E-state index in [-0.39, 0.29) is 6.61 Å². The van der Waals surface area contributed by atoms with Gasteiger partial charge in [-0.05, 0) is 30.7 Å². The van der Waals surface area contributed by atoms with E-state index in [9.17, 15) is 0 Å². The van der Waals surface area contributed by atoms with Gasteiger partial charge in [0.25, 0.3) is 0 Å². The van der Waals surface area contributed by atoms with Crippen molar-refractivity contribution < 1.29 is 5.11 Å². The van der Waals surface area contributed by atoms with Crippen LogP contribution in [0, 0.1) is 0 Å². The van der Waals surface area contributed by atoms with Crippen LogP contribution >= 0.6 is 0 Å². The lowest BCUT2D eigenvalue weighted by Crippen LogP contribution is -2.20. The lowest BCUT2D eigenvalue weighted by Gasteiger charge is -2.24. The molecule has 1 N–H and O–H groups in total. The SMILES string of the molecule is OCCCN(c1ccncc1)c1nccc2cnccc12. The number of pyridine rings is 3. The van der Waals surface area contributed by atoms with Crippen molar-refractivity contribution in [3.05, 3.63) is 55.2 Å². The fourth-order valence-corrected chi connectivity index (χ4v) is 2.33. The molecule has 5 nitrogen and oxygen atoms in total. The summed E-state index contributed by atoms with van der Waals surface area (Å²) in [5.41, 5.74) is 1.01. The van der Waals surface area contributed by atoms with E-state index in [0.717, 1.165) is 22.3 Å². The predicted octanol–water partition coefficient (Wildman–Crippen LogP) is 2.55. The Balaban J connectivity index is 2.10. The molecule has 0 bridgehead atoms. The Hall–Kier alpha value is -2.53. The molecule has 0 aliphatic carbocycles. The van der Waals surface area contributed by atoms with Gasteiger partial charge in [-0.2, -0.15) is 0 Å². The molecule has 3 aromatic rings. The number of anilines is 2. The van der Waals surface area contributed by atoms with E-state index in [0.29, 0.717) is 13.0 Å². The molecule has 0 saturated carbocycles. The third-order valence-corrected chi connectivity index (χ3v) is 3.31. The quantitative estimate of drug-likeness (QED) is 0.778. The van der Waals surface area contributed by atoms with Gasteiger partial charge in [-0.3, -0.25) is 9.97 Å². The minimum Gasteiger partial charge on any atom is -0.396 e. The molecule has 0 aliphatic rings. The van der Waals surface area contributed by atoms with Gasteiger partial charge in [-0.1, -0.05) is 0 Å². The summed E-state index contributed by atoms with van der Waals surface area (Å²) in [4.78, 5) is 14.8. The highest BCUT2D eigenvalue weighted by atomic mass is 16.3. The van der Waals surface area contributed by atoms with Gasteiger partial charge in [0.2, 0.25) is 0 Å². The van der Waals surface area contributed by atoms with E-state index in [4.69, 9.17) is 5.11 Å². The molecule has 3 rings (SSSR count). The number of fused-ring (bicyclic) bond motifs is 1. The summed E-state index contributed by atoms with van der Waals surface area (Å²) in [5.74, 6) is 0.870. The molecule has 0 amide bonds. The van der Waals surface area contributed by atoms with Crippen molar-refractivity contribution in [3.8, 4) is 0 Å². The second-order valence-electron chi connectivity index (χ2n) is 4.67. The fraction of sp³-hybridized carbons (Fsp3) is 0.188. The van der Waals surface area contributed by atoms with Gasteiger partial charge < -0.3 is 10.0 Å². The fourth-order valence-electron chi connectivity index (χ4n) is 2.33. The third kappa shape index (κ3) is 2.83. The Morgan fingerprint density at radius 3 is 2.57 bits per heavy atom. The first-order valence-corrected chi connectivity index (χ1v) is 6.87. The van der Waals surface area contributed by atoms with Crippen LogP contribution < -0.4 is 4.90 Å². The number of nitrogens with zero attached hydrogens (tertiary/aromatic N) is 4. The van der Waals surface area contributed by atoms with Crippen molar-refractivity contribution in [2.45, 2.75) is 6.42 Å². The number of rotatable bonds is 5. The van der Waals surface area contributed by atoms with Crippen molar-refractivity contribution >= 4 is 22.3 Å². The van der Waals surface area contributed by atoms with Crippen LogP contribution in [-0.4, -0.2) is 33.2 Å². The third-order valence-electron chi connectivity index (χ3n) is 3.31. The Kier molecular flexibility index (Phi) is 4.02. The topological polar surface area (TPSA) is 62.1 Å². The van der Waals surface area contributed by atoms with Gasteiger partial charge in [0.05, 0.1) is 0 Å². The maximum atomic E-state index is 9.15. The minimum atomic E-state index is 0.147. The van der Waals surface area contributed by atoms with Gasteiger partial charge in [0.1, 0.15) is 5.82 Å². The maximum absolute atomic E-state index is 9.15. The molecular formula is C16H16N4O. The molecule has 0 aliphatic heterocycles. The second-order valence-corrected chi connectivity index (χ2v) is 4.67. The molecule has 0 fully saturated rings. The molecule has 0 saturated heterocycles. The Labute approximate surface area is 122 Å². The van der Waals surface area contributed by atoms with Crippen LogP contribution in [0.5, 0.6) is 0 Å². The summed E-state index contributed by atoms with van der Waals surface area (Å²) < 4.78 is 0. The van der Waals surface area contributed by atoms with Crippen molar-refractivity contribution in [2.75, 3.05) is 18.1 Å². The summed E-state index contributed by atoms with van der Waals surface area (Å²) in [5, 5.41) is 11.2. The average molecular weight is 280 g/mol. The maximum Gasteiger partial charge on any atom is 0.140 e. The van der Waals surface area contributed by atoms with Crippen molar-refractivity contribution in [3.63, 3.8) is 0 Å². The van der Waals surface area contributed by atoms with Crippen molar-refractivity contribution in [1.82, 2.24) is 15.0 Å². The van der Waals surface area contributed by atoms with Crippen LogP contribution in [0.3, 0.4) is 0 Å². The van der Waals surface area contributed by atoms with Gasteiger partial charge in [-0.15, -0.1) is 0 Å². The largest absolute Gasteiger partial charge is 0.396 e. The number of hydrogen-bond donors (Lipinski definition) is 1. The molecule has 0 aromatic carbocycles. The molecule has 0 radical (unpaired) electrons. The molecule has 0 unspecified atom stereocenters. The lowest BCUT2D eigenvalue weighted by molar-refractivity contribution is 0.291. The zero-order valence-corrected chi connectivity index (χ0v) is 11.6. The molecule has 3 aromatic heterocycles. The predicted molar refractivity (Wildman–Crippen MR) is 82.5 cm³/mol. The summed E-state index contributed by atoms with van der Waals surface area (Å²) >= 11 is 0. The minimum absolute atomic E-state index is 0.147. The number of hydrogen-bond acceptors (Lipinski definition) is 5. The standard InChI is InChI=1S/C16H16N4O/c21-11-1-10-20(14-3-6-17-7-4-14)16-15-5-8-18-12-13(15)2-9-19-16/h2-9,12,21H,1,10-11H2. The molecule has 106 valence electrons. The molecule has 3 heterocycles. The zero-order valence-electron chi connectivity index (χ0n) is 11.6. The highest BCUT2D eigenvalue weighted by molar-refractivity contribution is 5.93. The molecule has 0 atom stereocenters. The number of aliphatic hydroxyl groups is 1. The van der Waals surface area contributed by atoms with Crippen LogP contribution in [0.1, 0.15) is 6.42 Å². The van der Waals surface area contributed by atoms with Crippen LogP contribution in [0.2, 0.25) is 0 Å². The highest BCUT2D eigenvalue weighted by Crippen LogP contribution is 2.29. The first-order chi connectivity index (χ1) is 10.4. The Morgan fingerprint density at radius 2 is 1.76 bits per heavy atom. The second kappa shape index (κ2) is 6.28. The van der Waals surface area contributed by atoms with E-state index in [1.807, 2.05) is 30.5 Å². The number of aliphatic hydroxyl groups excluding tert-OH is 1. The summed E-state index contributed by atoms with van der Waals surface area (Å²) in [6.07, 6.45) is 9.57. The van der Waals surface area contributed by atoms with Crippen molar-refractivity contribution in [2.24, 2.45) is 0 Å². The first kappa shape index (κ1) is 13.5. The van der Waals surface area contributed by atoms with Crippen LogP contribution in [0.4, 0.5) is 11.5 Å². The molecule has 21 heavy (non-hydrogen) atoms. The molecule has 0 spiro atoms. The zero-order chi connectivity index (χ0) is 14.5. The first-order valence-electron chi connectivity index (χ1n) is 6.87. The lowest BCUT2D eigenvalue weighted by atomic mass is 10.2. The van der Waals surface area contributed by atoms with E-state index in [1.165, 1.54) is 0 Å². The van der Waals surface area contributed by atoms with Gasteiger partial charge in [0.15, 0.2) is 0 Å². The summed E-state index contributed by atoms with van der Waals surface area (Å²) in [6, 6.07) is 7.80. The monoisotopic (exact) mass is 280 g/mol. The summed E-state index contributed by atoms with van der Waals surface area (Å²) in [6.45, 7) is 0.836. The Bertz CT molecular complexity index is 712. The summed E-state index contributed by atoms with van der Waals surface area (Å²) in [7, 11) is 0. The average Bonchev–Trinajstić information content (AvgIpc) is 2.56. The van der Waals surface area contributed by atoms with E-state index in [2.05, 4.69) is 19.9 Å². The smallest absolute Gasteiger partial charge is 0.140 e.